The van der Waals surface area contributed by atoms with Crippen LogP contribution in [0.4, 0.5) is 0 Å². The standard InChI is InChI=1S/C11H22O2/c1-4-13-11-7-9(8(2)3)5-6-10(11)12/h8-12H,4-7H2,1-3H3. The molecule has 0 saturated heterocycles. The van der Waals surface area contributed by atoms with E-state index in [-0.39, 0.29) is 12.2 Å². The van der Waals surface area contributed by atoms with E-state index >= 15 is 0 Å². The van der Waals surface area contributed by atoms with Crippen molar-refractivity contribution >= 4 is 0 Å². The van der Waals surface area contributed by atoms with Gasteiger partial charge in [-0.25, -0.2) is 0 Å². The van der Waals surface area contributed by atoms with E-state index in [9.17, 15) is 5.11 Å². The predicted octanol–water partition coefficient (Wildman–Crippen LogP) is 2.21. The Kier molecular flexibility index (Phi) is 4.20. The lowest BCUT2D eigenvalue weighted by Gasteiger charge is -2.34. The van der Waals surface area contributed by atoms with Crippen molar-refractivity contribution in [1.29, 1.82) is 0 Å². The van der Waals surface area contributed by atoms with Crippen LogP contribution in [0.2, 0.25) is 0 Å². The van der Waals surface area contributed by atoms with Gasteiger partial charge in [-0.1, -0.05) is 13.8 Å². The van der Waals surface area contributed by atoms with Crippen molar-refractivity contribution in [3.05, 3.63) is 0 Å². The van der Waals surface area contributed by atoms with E-state index in [0.29, 0.717) is 6.61 Å². The van der Waals surface area contributed by atoms with Crippen LogP contribution in [0, 0.1) is 11.8 Å². The van der Waals surface area contributed by atoms with E-state index in [1.807, 2.05) is 6.92 Å². The maximum absolute atomic E-state index is 9.67. The molecule has 1 fully saturated rings. The second kappa shape index (κ2) is 4.97. The highest BCUT2D eigenvalue weighted by Gasteiger charge is 2.30. The fourth-order valence-corrected chi connectivity index (χ4v) is 2.14. The quantitative estimate of drug-likeness (QED) is 0.732. The van der Waals surface area contributed by atoms with Gasteiger partial charge in [-0.2, -0.15) is 0 Å². The van der Waals surface area contributed by atoms with Crippen molar-refractivity contribution in [2.75, 3.05) is 6.61 Å². The molecule has 1 rings (SSSR count). The van der Waals surface area contributed by atoms with Crippen LogP contribution < -0.4 is 0 Å². The summed E-state index contributed by atoms with van der Waals surface area (Å²) in [4.78, 5) is 0. The topological polar surface area (TPSA) is 29.5 Å². The molecule has 3 unspecified atom stereocenters. The summed E-state index contributed by atoms with van der Waals surface area (Å²) in [6.45, 7) is 7.22. The molecule has 2 nitrogen and oxygen atoms in total. The fraction of sp³-hybridized carbons (Fsp3) is 1.00. The Balaban J connectivity index is 2.42. The Labute approximate surface area is 81.3 Å². The first kappa shape index (κ1) is 11.0. The van der Waals surface area contributed by atoms with Crippen molar-refractivity contribution in [3.63, 3.8) is 0 Å². The number of aliphatic hydroxyl groups is 1. The minimum atomic E-state index is -0.227. The molecule has 0 aromatic heterocycles. The highest BCUT2D eigenvalue weighted by Crippen LogP contribution is 2.31. The lowest BCUT2D eigenvalue weighted by molar-refractivity contribution is -0.0723. The van der Waals surface area contributed by atoms with Crippen molar-refractivity contribution in [3.8, 4) is 0 Å². The highest BCUT2D eigenvalue weighted by molar-refractivity contribution is 4.81. The minimum Gasteiger partial charge on any atom is -0.390 e. The fourth-order valence-electron chi connectivity index (χ4n) is 2.14. The minimum absolute atomic E-state index is 0.0890. The van der Waals surface area contributed by atoms with Gasteiger partial charge in [0.1, 0.15) is 0 Å². The average molecular weight is 186 g/mol. The Morgan fingerprint density at radius 2 is 2.08 bits per heavy atom. The summed E-state index contributed by atoms with van der Waals surface area (Å²) in [5, 5.41) is 9.67. The van der Waals surface area contributed by atoms with Crippen LogP contribution in [0.5, 0.6) is 0 Å². The van der Waals surface area contributed by atoms with Gasteiger partial charge in [0.2, 0.25) is 0 Å². The largest absolute Gasteiger partial charge is 0.390 e. The van der Waals surface area contributed by atoms with E-state index in [4.69, 9.17) is 4.74 Å². The zero-order valence-corrected chi connectivity index (χ0v) is 8.99. The Hall–Kier alpha value is -0.0800. The molecule has 0 aliphatic heterocycles. The molecule has 1 aliphatic rings. The predicted molar refractivity (Wildman–Crippen MR) is 53.6 cm³/mol. The molecular weight excluding hydrogens is 164 g/mol. The Bertz CT molecular complexity index is 145. The van der Waals surface area contributed by atoms with Gasteiger partial charge in [0.15, 0.2) is 0 Å². The van der Waals surface area contributed by atoms with Gasteiger partial charge >= 0.3 is 0 Å². The van der Waals surface area contributed by atoms with Crippen LogP contribution in [-0.4, -0.2) is 23.9 Å². The number of ether oxygens (including phenoxy) is 1. The van der Waals surface area contributed by atoms with E-state index < -0.39 is 0 Å². The van der Waals surface area contributed by atoms with E-state index in [2.05, 4.69) is 13.8 Å². The van der Waals surface area contributed by atoms with Crippen LogP contribution in [0.25, 0.3) is 0 Å². The molecule has 2 heteroatoms. The first-order valence-electron chi connectivity index (χ1n) is 5.44. The molecular formula is C11H22O2. The lowest BCUT2D eigenvalue weighted by atomic mass is 9.79. The van der Waals surface area contributed by atoms with Crippen LogP contribution in [0.3, 0.4) is 0 Å². The first-order valence-corrected chi connectivity index (χ1v) is 5.44. The summed E-state index contributed by atoms with van der Waals surface area (Å²) in [6, 6.07) is 0. The van der Waals surface area contributed by atoms with Gasteiger partial charge in [-0.15, -0.1) is 0 Å². The molecule has 0 spiro atoms. The van der Waals surface area contributed by atoms with Crippen molar-refractivity contribution in [2.24, 2.45) is 11.8 Å². The molecule has 13 heavy (non-hydrogen) atoms. The van der Waals surface area contributed by atoms with Crippen molar-refractivity contribution in [1.82, 2.24) is 0 Å². The molecule has 0 heterocycles. The van der Waals surface area contributed by atoms with Crippen LogP contribution in [0.1, 0.15) is 40.0 Å². The molecule has 0 aromatic rings. The summed E-state index contributed by atoms with van der Waals surface area (Å²) >= 11 is 0. The molecule has 0 bridgehead atoms. The van der Waals surface area contributed by atoms with Crippen LogP contribution in [0.15, 0.2) is 0 Å². The highest BCUT2D eigenvalue weighted by atomic mass is 16.5. The molecule has 0 radical (unpaired) electrons. The second-order valence-corrected chi connectivity index (χ2v) is 4.38. The van der Waals surface area contributed by atoms with Crippen molar-refractivity contribution < 1.29 is 9.84 Å². The first-order chi connectivity index (χ1) is 6.15. The lowest BCUT2D eigenvalue weighted by Crippen LogP contribution is -2.37. The van der Waals surface area contributed by atoms with E-state index in [1.54, 1.807) is 0 Å². The smallest absolute Gasteiger partial charge is 0.0836 e. The molecule has 3 atom stereocenters. The van der Waals surface area contributed by atoms with Crippen molar-refractivity contribution in [2.45, 2.75) is 52.2 Å². The number of aliphatic hydroxyl groups excluding tert-OH is 1. The molecule has 1 N–H and O–H groups in total. The molecule has 1 saturated carbocycles. The number of hydrogen-bond donors (Lipinski definition) is 1. The van der Waals surface area contributed by atoms with Gasteiger partial charge in [0, 0.05) is 6.61 Å². The molecule has 0 amide bonds. The number of rotatable bonds is 3. The van der Waals surface area contributed by atoms with Crippen LogP contribution in [-0.2, 0) is 4.74 Å². The maximum atomic E-state index is 9.67. The molecule has 0 aromatic carbocycles. The zero-order chi connectivity index (χ0) is 9.84. The summed E-state index contributed by atoms with van der Waals surface area (Å²) in [6.07, 6.45) is 2.96. The Morgan fingerprint density at radius 3 is 2.62 bits per heavy atom. The normalized spacial score (nSPS) is 35.3. The van der Waals surface area contributed by atoms with E-state index in [0.717, 1.165) is 31.1 Å². The summed E-state index contributed by atoms with van der Waals surface area (Å²) in [7, 11) is 0. The zero-order valence-electron chi connectivity index (χ0n) is 8.99. The third-order valence-electron chi connectivity index (χ3n) is 3.12. The van der Waals surface area contributed by atoms with Gasteiger partial charge in [-0.3, -0.25) is 0 Å². The monoisotopic (exact) mass is 186 g/mol. The summed E-state index contributed by atoms with van der Waals surface area (Å²) in [5.74, 6) is 1.45. The van der Waals surface area contributed by atoms with Gasteiger partial charge < -0.3 is 9.84 Å². The average Bonchev–Trinajstić information content (AvgIpc) is 2.08. The Morgan fingerprint density at radius 1 is 1.38 bits per heavy atom. The van der Waals surface area contributed by atoms with Gasteiger partial charge in [0.25, 0.3) is 0 Å². The SMILES string of the molecule is CCOC1CC(C(C)C)CCC1O. The third kappa shape index (κ3) is 2.96. The molecule has 78 valence electrons. The maximum Gasteiger partial charge on any atom is 0.0836 e. The third-order valence-corrected chi connectivity index (χ3v) is 3.12. The second-order valence-electron chi connectivity index (χ2n) is 4.38. The van der Waals surface area contributed by atoms with Gasteiger partial charge in [-0.05, 0) is 38.0 Å². The molecule has 1 aliphatic carbocycles. The summed E-state index contributed by atoms with van der Waals surface area (Å²) < 4.78 is 5.53. The van der Waals surface area contributed by atoms with Crippen LogP contribution >= 0.6 is 0 Å². The number of hydrogen-bond acceptors (Lipinski definition) is 2. The van der Waals surface area contributed by atoms with Gasteiger partial charge in [0.05, 0.1) is 12.2 Å². The van der Waals surface area contributed by atoms with E-state index in [1.165, 1.54) is 0 Å². The summed E-state index contributed by atoms with van der Waals surface area (Å²) in [5.41, 5.74) is 0.